The number of likely N-dealkylation sites (tertiary alicyclic amines) is 1. The molecule has 0 N–H and O–H groups in total. The fourth-order valence-corrected chi connectivity index (χ4v) is 4.03. The van der Waals surface area contributed by atoms with Crippen LogP contribution >= 0.6 is 11.6 Å². The summed E-state index contributed by atoms with van der Waals surface area (Å²) in [5.41, 5.74) is -0.162. The summed E-state index contributed by atoms with van der Waals surface area (Å²) in [6.45, 7) is 5.52. The number of nitrogens with zero attached hydrogens (tertiary/aromatic N) is 7. The van der Waals surface area contributed by atoms with Crippen molar-refractivity contribution in [2.24, 2.45) is 0 Å². The van der Waals surface area contributed by atoms with Gasteiger partial charge in [-0.2, -0.15) is 4.68 Å². The van der Waals surface area contributed by atoms with Crippen molar-refractivity contribution in [3.63, 3.8) is 0 Å². The smallest absolute Gasteiger partial charge is 0.341 e. The van der Waals surface area contributed by atoms with Crippen LogP contribution in [0.4, 0.5) is 4.79 Å². The molecule has 160 valence electrons. The van der Waals surface area contributed by atoms with E-state index >= 15 is 0 Å². The summed E-state index contributed by atoms with van der Waals surface area (Å²) < 4.78 is 1.82. The minimum Gasteiger partial charge on any atom is -0.341 e. The molecule has 30 heavy (non-hydrogen) atoms. The third-order valence-electron chi connectivity index (χ3n) is 5.74. The summed E-state index contributed by atoms with van der Waals surface area (Å²) in [5, 5.41) is 8.08. The zero-order chi connectivity index (χ0) is 21.3. The maximum Gasteiger partial charge on any atom is 0.377 e. The third kappa shape index (κ3) is 3.97. The molecule has 1 atom stereocenters. The molecule has 0 saturated carbocycles. The summed E-state index contributed by atoms with van der Waals surface area (Å²) in [6, 6.07) is 5.80. The molecular weight excluding hydrogens is 410 g/mol. The molecule has 0 radical (unpaired) electrons. The Morgan fingerprint density at radius 1 is 0.933 bits per heavy atom. The number of rotatable bonds is 3. The second kappa shape index (κ2) is 8.57. The molecule has 2 aliphatic heterocycles. The van der Waals surface area contributed by atoms with Gasteiger partial charge < -0.3 is 9.80 Å². The van der Waals surface area contributed by atoms with Gasteiger partial charge in [0.25, 0.3) is 0 Å². The highest BCUT2D eigenvalue weighted by Crippen LogP contribution is 2.14. The van der Waals surface area contributed by atoms with Gasteiger partial charge in [-0.3, -0.25) is 9.69 Å². The second-order valence-electron chi connectivity index (χ2n) is 7.58. The maximum atomic E-state index is 12.8. The molecule has 1 unspecified atom stereocenters. The Labute approximate surface area is 178 Å². The number of tetrazole rings is 1. The Kier molecular flexibility index (Phi) is 5.87. The van der Waals surface area contributed by atoms with Gasteiger partial charge in [0, 0.05) is 44.3 Å². The van der Waals surface area contributed by atoms with Crippen LogP contribution in [-0.4, -0.2) is 91.7 Å². The van der Waals surface area contributed by atoms with Gasteiger partial charge in [0.2, 0.25) is 5.91 Å². The van der Waals surface area contributed by atoms with Gasteiger partial charge in [0.1, 0.15) is 0 Å². The lowest BCUT2D eigenvalue weighted by Gasteiger charge is -2.38. The Morgan fingerprint density at radius 2 is 1.57 bits per heavy atom. The first kappa shape index (κ1) is 20.5. The van der Waals surface area contributed by atoms with Crippen molar-refractivity contribution in [3.05, 3.63) is 39.8 Å². The topological polar surface area (TPSA) is 96.6 Å². The van der Waals surface area contributed by atoms with E-state index in [1.165, 1.54) is 0 Å². The van der Waals surface area contributed by atoms with Gasteiger partial charge >= 0.3 is 11.7 Å². The minimum absolute atomic E-state index is 0.148. The van der Waals surface area contributed by atoms with Crippen LogP contribution in [-0.2, 0) is 4.79 Å². The number of hydrogen-bond acceptors (Lipinski definition) is 6. The molecule has 2 saturated heterocycles. The molecule has 4 rings (SSSR count). The summed E-state index contributed by atoms with van der Waals surface area (Å²) in [6.07, 6.45) is 2.12. The summed E-state index contributed by atoms with van der Waals surface area (Å²) in [7, 11) is 0. The Morgan fingerprint density at radius 3 is 2.20 bits per heavy atom. The van der Waals surface area contributed by atoms with Gasteiger partial charge in [-0.05, 0) is 54.5 Å². The van der Waals surface area contributed by atoms with E-state index in [0.717, 1.165) is 35.3 Å². The van der Waals surface area contributed by atoms with Crippen LogP contribution in [0, 0.1) is 0 Å². The van der Waals surface area contributed by atoms with Crippen molar-refractivity contribution in [3.8, 4) is 5.69 Å². The van der Waals surface area contributed by atoms with Gasteiger partial charge in [0.05, 0.1) is 11.7 Å². The molecule has 0 bridgehead atoms. The number of piperazine rings is 1. The van der Waals surface area contributed by atoms with Gasteiger partial charge in [-0.15, -0.1) is 4.68 Å². The van der Waals surface area contributed by atoms with E-state index in [1.54, 1.807) is 29.2 Å². The highest BCUT2D eigenvalue weighted by atomic mass is 35.5. The second-order valence-corrected chi connectivity index (χ2v) is 8.01. The Balaban J connectivity index is 1.39. The predicted octanol–water partition coefficient (Wildman–Crippen LogP) is 0.679. The zero-order valence-electron chi connectivity index (χ0n) is 16.8. The largest absolute Gasteiger partial charge is 0.377 e. The van der Waals surface area contributed by atoms with E-state index in [-0.39, 0.29) is 11.9 Å². The zero-order valence-corrected chi connectivity index (χ0v) is 17.5. The lowest BCUT2D eigenvalue weighted by Crippen LogP contribution is -2.56. The van der Waals surface area contributed by atoms with Gasteiger partial charge in [-0.1, -0.05) is 11.6 Å². The van der Waals surface area contributed by atoms with E-state index in [9.17, 15) is 14.4 Å². The molecule has 3 heterocycles. The lowest BCUT2D eigenvalue weighted by atomic mass is 10.2. The average molecular weight is 434 g/mol. The number of carbonyl (C=O) groups excluding carboxylic acids is 2. The fraction of sp³-hybridized carbons (Fsp3) is 0.526. The Bertz CT molecular complexity index is 973. The van der Waals surface area contributed by atoms with Crippen molar-refractivity contribution in [2.75, 3.05) is 39.3 Å². The molecule has 0 spiro atoms. The van der Waals surface area contributed by atoms with Crippen LogP contribution in [0.1, 0.15) is 19.8 Å². The van der Waals surface area contributed by atoms with Gasteiger partial charge in [-0.25, -0.2) is 9.59 Å². The monoisotopic (exact) mass is 433 g/mol. The number of hydrogen-bond donors (Lipinski definition) is 0. The fourth-order valence-electron chi connectivity index (χ4n) is 3.90. The standard InChI is InChI=1S/C19H24ClN7O3/c1-14(17(28)24-8-2-3-9-24)23-10-12-25(13-11-23)18(29)27-19(30)26(21-22-27)16-6-4-15(20)5-7-16/h4-7,14H,2-3,8-13H2,1H3. The summed E-state index contributed by atoms with van der Waals surface area (Å²) in [5.74, 6) is 0.148. The first-order valence-electron chi connectivity index (χ1n) is 10.1. The van der Waals surface area contributed by atoms with Crippen LogP contribution in [0.15, 0.2) is 29.1 Å². The molecule has 11 heteroatoms. The lowest BCUT2D eigenvalue weighted by molar-refractivity contribution is -0.135. The quantitative estimate of drug-likeness (QED) is 0.660. The molecule has 1 aromatic carbocycles. The van der Waals surface area contributed by atoms with Gasteiger partial charge in [0.15, 0.2) is 0 Å². The van der Waals surface area contributed by atoms with Crippen molar-refractivity contribution >= 4 is 23.5 Å². The van der Waals surface area contributed by atoms with Crippen molar-refractivity contribution in [1.82, 2.24) is 34.5 Å². The molecule has 0 aliphatic carbocycles. The molecule has 2 aromatic rings. The number of benzene rings is 1. The van der Waals surface area contributed by atoms with E-state index in [4.69, 9.17) is 11.6 Å². The van der Waals surface area contributed by atoms with E-state index in [0.29, 0.717) is 36.9 Å². The number of halogens is 1. The molecule has 2 aliphatic rings. The van der Waals surface area contributed by atoms with Crippen molar-refractivity contribution < 1.29 is 9.59 Å². The van der Waals surface area contributed by atoms with E-state index < -0.39 is 11.7 Å². The maximum absolute atomic E-state index is 12.8. The van der Waals surface area contributed by atoms with E-state index in [2.05, 4.69) is 15.3 Å². The molecule has 2 amide bonds. The number of carbonyl (C=O) groups is 2. The SMILES string of the molecule is CC(C(=O)N1CCCC1)N1CCN(C(=O)n2nnn(-c3ccc(Cl)cc3)c2=O)CC1. The average Bonchev–Trinajstić information content (AvgIpc) is 3.43. The molecule has 2 fully saturated rings. The normalized spacial score (nSPS) is 18.6. The predicted molar refractivity (Wildman–Crippen MR) is 110 cm³/mol. The molecule has 10 nitrogen and oxygen atoms in total. The number of aromatic nitrogens is 4. The van der Waals surface area contributed by atoms with E-state index in [1.807, 2.05) is 11.8 Å². The number of amides is 2. The van der Waals surface area contributed by atoms with Crippen LogP contribution in [0.2, 0.25) is 5.02 Å². The van der Waals surface area contributed by atoms with Crippen LogP contribution < -0.4 is 5.69 Å². The van der Waals surface area contributed by atoms with Crippen LogP contribution in [0.5, 0.6) is 0 Å². The Hall–Kier alpha value is -2.72. The summed E-state index contributed by atoms with van der Waals surface area (Å²) in [4.78, 5) is 43.6. The molecular formula is C19H24ClN7O3. The van der Waals surface area contributed by atoms with Crippen molar-refractivity contribution in [1.29, 1.82) is 0 Å². The summed E-state index contributed by atoms with van der Waals surface area (Å²) >= 11 is 5.87. The first-order chi connectivity index (χ1) is 14.5. The highest BCUT2D eigenvalue weighted by molar-refractivity contribution is 6.30. The van der Waals surface area contributed by atoms with Crippen molar-refractivity contribution in [2.45, 2.75) is 25.8 Å². The third-order valence-corrected chi connectivity index (χ3v) is 5.99. The van der Waals surface area contributed by atoms with Crippen LogP contribution in [0.3, 0.4) is 0 Å². The molecule has 1 aromatic heterocycles. The minimum atomic E-state index is -0.637. The first-order valence-corrected chi connectivity index (χ1v) is 10.5. The highest BCUT2D eigenvalue weighted by Gasteiger charge is 2.32. The van der Waals surface area contributed by atoms with Crippen LogP contribution in [0.25, 0.3) is 5.69 Å².